The summed E-state index contributed by atoms with van der Waals surface area (Å²) in [5, 5.41) is 20.5. The van der Waals surface area contributed by atoms with Crippen molar-refractivity contribution in [1.29, 1.82) is 0 Å². The van der Waals surface area contributed by atoms with Gasteiger partial charge in [-0.05, 0) is 32.6 Å². The average molecular weight is 288 g/mol. The molecule has 0 aromatic rings. The quantitative estimate of drug-likeness (QED) is 0.572. The van der Waals surface area contributed by atoms with Crippen molar-refractivity contribution in [2.24, 2.45) is 0 Å². The number of amides is 2. The lowest BCUT2D eigenvalue weighted by atomic mass is 10.1. The Hall–Kier alpha value is -1.30. The molecule has 0 aliphatic rings. The van der Waals surface area contributed by atoms with Crippen LogP contribution >= 0.6 is 0 Å². The van der Waals surface area contributed by atoms with Gasteiger partial charge >= 0.3 is 12.0 Å². The number of urea groups is 1. The summed E-state index contributed by atoms with van der Waals surface area (Å²) >= 11 is 0. The molecule has 0 fully saturated rings. The van der Waals surface area contributed by atoms with E-state index in [4.69, 9.17) is 10.2 Å². The van der Waals surface area contributed by atoms with Crippen LogP contribution in [0.15, 0.2) is 0 Å². The molecular formula is C14H28N2O4. The molecule has 20 heavy (non-hydrogen) atoms. The molecule has 6 nitrogen and oxygen atoms in total. The maximum Gasteiger partial charge on any atom is 0.317 e. The summed E-state index contributed by atoms with van der Waals surface area (Å²) < 4.78 is 0. The molecule has 0 spiro atoms. The summed E-state index contributed by atoms with van der Waals surface area (Å²) in [6, 6.07) is -0.138. The zero-order valence-corrected chi connectivity index (χ0v) is 12.8. The molecule has 0 bridgehead atoms. The average Bonchev–Trinajstić information content (AvgIpc) is 2.38. The fraction of sp³-hybridized carbons (Fsp3) is 0.857. The molecule has 0 aliphatic heterocycles. The Morgan fingerprint density at radius 3 is 2.30 bits per heavy atom. The number of nitrogens with one attached hydrogen (secondary N) is 1. The Morgan fingerprint density at radius 2 is 1.85 bits per heavy atom. The predicted octanol–water partition coefficient (Wildman–Crippen LogP) is 1.82. The van der Waals surface area contributed by atoms with Crippen molar-refractivity contribution in [2.75, 3.05) is 13.2 Å². The van der Waals surface area contributed by atoms with Crippen molar-refractivity contribution < 1.29 is 19.8 Å². The number of aliphatic hydroxyl groups excluding tert-OH is 1. The van der Waals surface area contributed by atoms with Gasteiger partial charge in [0.15, 0.2) is 0 Å². The minimum absolute atomic E-state index is 0.0582. The summed E-state index contributed by atoms with van der Waals surface area (Å²) in [5.41, 5.74) is 0. The number of carbonyl (C=O) groups excluding carboxylic acids is 1. The molecule has 1 atom stereocenters. The van der Waals surface area contributed by atoms with E-state index >= 15 is 0 Å². The Balaban J connectivity index is 4.33. The summed E-state index contributed by atoms with van der Waals surface area (Å²) in [4.78, 5) is 24.3. The normalized spacial score (nSPS) is 12.2. The highest BCUT2D eigenvalue weighted by atomic mass is 16.4. The molecule has 2 amide bonds. The Bertz CT molecular complexity index is 293. The van der Waals surface area contributed by atoms with Crippen LogP contribution in [-0.2, 0) is 4.79 Å². The van der Waals surface area contributed by atoms with Gasteiger partial charge in [-0.15, -0.1) is 0 Å². The third kappa shape index (κ3) is 7.33. The van der Waals surface area contributed by atoms with Crippen LogP contribution in [0.4, 0.5) is 4.79 Å². The SMILES string of the molecule is CCC(CC)N(CCO)C(=O)NC(C)CCCC(=O)O. The van der Waals surface area contributed by atoms with E-state index in [1.54, 1.807) is 4.90 Å². The zero-order chi connectivity index (χ0) is 15.5. The zero-order valence-electron chi connectivity index (χ0n) is 12.8. The highest BCUT2D eigenvalue weighted by molar-refractivity contribution is 5.74. The van der Waals surface area contributed by atoms with Crippen molar-refractivity contribution >= 4 is 12.0 Å². The Morgan fingerprint density at radius 1 is 1.25 bits per heavy atom. The molecule has 0 aromatic carbocycles. The van der Waals surface area contributed by atoms with Gasteiger partial charge in [0.05, 0.1) is 6.61 Å². The summed E-state index contributed by atoms with van der Waals surface area (Å²) in [5.74, 6) is -0.817. The second kappa shape index (κ2) is 10.5. The molecule has 0 aromatic heterocycles. The molecular weight excluding hydrogens is 260 g/mol. The first-order valence-corrected chi connectivity index (χ1v) is 7.35. The van der Waals surface area contributed by atoms with Gasteiger partial charge in [0.25, 0.3) is 0 Å². The fourth-order valence-electron chi connectivity index (χ4n) is 2.21. The van der Waals surface area contributed by atoms with E-state index < -0.39 is 5.97 Å². The first kappa shape index (κ1) is 18.7. The van der Waals surface area contributed by atoms with Gasteiger partial charge in [0.1, 0.15) is 0 Å². The number of aliphatic hydroxyl groups is 1. The number of hydrogen-bond donors (Lipinski definition) is 3. The molecule has 0 rings (SSSR count). The van der Waals surface area contributed by atoms with E-state index in [0.717, 1.165) is 12.8 Å². The third-order valence-corrected chi connectivity index (χ3v) is 3.38. The van der Waals surface area contributed by atoms with Gasteiger partial charge in [0, 0.05) is 25.0 Å². The first-order valence-electron chi connectivity index (χ1n) is 7.35. The van der Waals surface area contributed by atoms with Crippen LogP contribution < -0.4 is 5.32 Å². The van der Waals surface area contributed by atoms with Crippen LogP contribution in [-0.4, -0.2) is 52.3 Å². The minimum atomic E-state index is -0.817. The van der Waals surface area contributed by atoms with Gasteiger partial charge in [-0.25, -0.2) is 4.79 Å². The van der Waals surface area contributed by atoms with Gasteiger partial charge in [-0.3, -0.25) is 4.79 Å². The Labute approximate surface area is 121 Å². The largest absolute Gasteiger partial charge is 0.481 e. The number of rotatable bonds is 10. The standard InChI is InChI=1S/C14H28N2O4/c1-4-12(5-2)16(9-10-17)14(20)15-11(3)7-6-8-13(18)19/h11-12,17H,4-10H2,1-3H3,(H,15,20)(H,18,19). The maximum absolute atomic E-state index is 12.2. The molecule has 0 saturated carbocycles. The molecule has 0 aliphatic carbocycles. The van der Waals surface area contributed by atoms with Gasteiger partial charge < -0.3 is 20.4 Å². The van der Waals surface area contributed by atoms with Crippen LogP contribution in [0.2, 0.25) is 0 Å². The van der Waals surface area contributed by atoms with Crippen molar-refractivity contribution in [2.45, 2.75) is 65.0 Å². The van der Waals surface area contributed by atoms with Crippen LogP contribution in [0.5, 0.6) is 0 Å². The number of hydrogen-bond acceptors (Lipinski definition) is 3. The molecule has 0 radical (unpaired) electrons. The third-order valence-electron chi connectivity index (χ3n) is 3.38. The van der Waals surface area contributed by atoms with Gasteiger partial charge in [0.2, 0.25) is 0 Å². The lowest BCUT2D eigenvalue weighted by molar-refractivity contribution is -0.137. The fourth-order valence-corrected chi connectivity index (χ4v) is 2.21. The van der Waals surface area contributed by atoms with Gasteiger partial charge in [-0.2, -0.15) is 0 Å². The Kier molecular flexibility index (Phi) is 9.80. The molecule has 0 saturated heterocycles. The number of carbonyl (C=O) groups is 2. The van der Waals surface area contributed by atoms with E-state index in [1.807, 2.05) is 20.8 Å². The second-order valence-corrected chi connectivity index (χ2v) is 5.02. The molecule has 6 heteroatoms. The van der Waals surface area contributed by atoms with Gasteiger partial charge in [-0.1, -0.05) is 13.8 Å². The van der Waals surface area contributed by atoms with Crippen LogP contribution in [0.25, 0.3) is 0 Å². The number of aliphatic carboxylic acids is 1. The molecule has 3 N–H and O–H groups in total. The summed E-state index contributed by atoms with van der Waals surface area (Å²) in [6.07, 6.45) is 2.98. The smallest absolute Gasteiger partial charge is 0.317 e. The van der Waals surface area contributed by atoms with E-state index in [2.05, 4.69) is 5.32 Å². The highest BCUT2D eigenvalue weighted by Gasteiger charge is 2.21. The number of nitrogens with zero attached hydrogens (tertiary/aromatic N) is 1. The van der Waals surface area contributed by atoms with E-state index in [-0.39, 0.29) is 31.1 Å². The van der Waals surface area contributed by atoms with E-state index in [0.29, 0.717) is 19.4 Å². The molecule has 118 valence electrons. The van der Waals surface area contributed by atoms with Crippen molar-refractivity contribution in [3.8, 4) is 0 Å². The van der Waals surface area contributed by atoms with Crippen molar-refractivity contribution in [3.05, 3.63) is 0 Å². The van der Waals surface area contributed by atoms with Crippen molar-refractivity contribution in [3.63, 3.8) is 0 Å². The predicted molar refractivity (Wildman–Crippen MR) is 77.6 cm³/mol. The van der Waals surface area contributed by atoms with Crippen LogP contribution in [0.1, 0.15) is 52.9 Å². The molecule has 1 unspecified atom stereocenters. The first-order chi connectivity index (χ1) is 9.46. The van der Waals surface area contributed by atoms with Crippen LogP contribution in [0.3, 0.4) is 0 Å². The van der Waals surface area contributed by atoms with Crippen molar-refractivity contribution in [1.82, 2.24) is 10.2 Å². The molecule has 0 heterocycles. The number of carboxylic acids is 1. The van der Waals surface area contributed by atoms with E-state index in [1.165, 1.54) is 0 Å². The summed E-state index contributed by atoms with van der Waals surface area (Å²) in [6.45, 7) is 6.16. The van der Waals surface area contributed by atoms with E-state index in [9.17, 15) is 9.59 Å². The summed E-state index contributed by atoms with van der Waals surface area (Å²) in [7, 11) is 0. The highest BCUT2D eigenvalue weighted by Crippen LogP contribution is 2.09. The monoisotopic (exact) mass is 288 g/mol. The topological polar surface area (TPSA) is 89.9 Å². The minimum Gasteiger partial charge on any atom is -0.481 e. The second-order valence-electron chi connectivity index (χ2n) is 5.02. The maximum atomic E-state index is 12.2. The van der Waals surface area contributed by atoms with Crippen LogP contribution in [0, 0.1) is 0 Å². The lowest BCUT2D eigenvalue weighted by Crippen LogP contribution is -2.49. The lowest BCUT2D eigenvalue weighted by Gasteiger charge is -2.31. The number of carboxylic acid groups (broad SMARTS) is 1.